The molecule has 13 heavy (non-hydrogen) atoms. The van der Waals surface area contributed by atoms with Crippen LogP contribution in [0.2, 0.25) is 0 Å². The summed E-state index contributed by atoms with van der Waals surface area (Å²) in [5.41, 5.74) is 3.04. The molecule has 1 N–H and O–H groups in total. The summed E-state index contributed by atoms with van der Waals surface area (Å²) in [6.45, 7) is 7.19. The molecule has 3 nitrogen and oxygen atoms in total. The Morgan fingerprint density at radius 1 is 1.38 bits per heavy atom. The average molecular weight is 182 g/mol. The van der Waals surface area contributed by atoms with Crippen molar-refractivity contribution in [2.45, 2.75) is 46.8 Å². The highest BCUT2D eigenvalue weighted by Gasteiger charge is 2.08. The van der Waals surface area contributed by atoms with E-state index in [1.54, 1.807) is 0 Å². The molecule has 3 heteroatoms. The van der Waals surface area contributed by atoms with Gasteiger partial charge in [0.1, 0.15) is 0 Å². The van der Waals surface area contributed by atoms with Gasteiger partial charge >= 0.3 is 0 Å². The number of unbranched alkanes of at least 4 members (excludes halogenated alkanes) is 1. The molecule has 1 heterocycles. The van der Waals surface area contributed by atoms with E-state index in [4.69, 9.17) is 5.11 Å². The fourth-order valence-corrected chi connectivity index (χ4v) is 1.49. The number of aryl methyl sites for hydroxylation is 2. The summed E-state index contributed by atoms with van der Waals surface area (Å²) < 4.78 is 1.99. The highest BCUT2D eigenvalue weighted by atomic mass is 16.3. The van der Waals surface area contributed by atoms with Crippen LogP contribution in [0.5, 0.6) is 0 Å². The second-order valence-corrected chi connectivity index (χ2v) is 3.38. The zero-order chi connectivity index (χ0) is 9.84. The van der Waals surface area contributed by atoms with E-state index in [9.17, 15) is 0 Å². The molecule has 0 atom stereocenters. The number of hydrogen-bond acceptors (Lipinski definition) is 2. The highest BCUT2D eigenvalue weighted by molar-refractivity contribution is 5.23. The summed E-state index contributed by atoms with van der Waals surface area (Å²) in [7, 11) is 0. The van der Waals surface area contributed by atoms with Crippen molar-refractivity contribution in [1.29, 1.82) is 0 Å². The molecular formula is C10H18N2O. The molecule has 1 aromatic rings. The molecule has 0 bridgehead atoms. The monoisotopic (exact) mass is 182 g/mol. The van der Waals surface area contributed by atoms with Gasteiger partial charge in [0.05, 0.1) is 12.3 Å². The van der Waals surface area contributed by atoms with Crippen LogP contribution in [0.15, 0.2) is 0 Å². The Balaban J connectivity index is 2.83. The molecule has 0 aliphatic heterocycles. The molecule has 1 aromatic heterocycles. The van der Waals surface area contributed by atoms with Crippen LogP contribution in [-0.2, 0) is 13.2 Å². The van der Waals surface area contributed by atoms with Gasteiger partial charge in [-0.1, -0.05) is 13.3 Å². The molecular weight excluding hydrogens is 164 g/mol. The van der Waals surface area contributed by atoms with Gasteiger partial charge in [0.25, 0.3) is 0 Å². The van der Waals surface area contributed by atoms with Gasteiger partial charge in [-0.25, -0.2) is 0 Å². The second kappa shape index (κ2) is 4.42. The minimum Gasteiger partial charge on any atom is -0.392 e. The summed E-state index contributed by atoms with van der Waals surface area (Å²) in [5, 5.41) is 13.5. The van der Waals surface area contributed by atoms with Gasteiger partial charge in [0.15, 0.2) is 0 Å². The molecule has 0 aliphatic carbocycles. The van der Waals surface area contributed by atoms with E-state index in [2.05, 4.69) is 12.0 Å². The van der Waals surface area contributed by atoms with Crippen LogP contribution < -0.4 is 0 Å². The lowest BCUT2D eigenvalue weighted by molar-refractivity contribution is 0.280. The molecule has 0 radical (unpaired) electrons. The van der Waals surface area contributed by atoms with E-state index in [1.165, 1.54) is 6.42 Å². The van der Waals surface area contributed by atoms with E-state index >= 15 is 0 Å². The minimum absolute atomic E-state index is 0.101. The SMILES string of the molecule is CCCCn1nc(C)c(CO)c1C. The zero-order valence-electron chi connectivity index (χ0n) is 8.67. The Kier molecular flexibility index (Phi) is 3.48. The van der Waals surface area contributed by atoms with Crippen LogP contribution >= 0.6 is 0 Å². The normalized spacial score (nSPS) is 10.8. The number of aliphatic hydroxyl groups excluding tert-OH is 1. The number of rotatable bonds is 4. The first-order chi connectivity index (χ1) is 6.20. The lowest BCUT2D eigenvalue weighted by atomic mass is 10.2. The topological polar surface area (TPSA) is 38.0 Å². The Labute approximate surface area is 79.4 Å². The first-order valence-electron chi connectivity index (χ1n) is 4.84. The number of nitrogens with zero attached hydrogens (tertiary/aromatic N) is 2. The maximum atomic E-state index is 9.08. The Hall–Kier alpha value is -0.830. The van der Waals surface area contributed by atoms with E-state index in [1.807, 2.05) is 18.5 Å². The summed E-state index contributed by atoms with van der Waals surface area (Å²) in [5.74, 6) is 0. The van der Waals surface area contributed by atoms with Crippen LogP contribution in [0.25, 0.3) is 0 Å². The van der Waals surface area contributed by atoms with Gasteiger partial charge in [0, 0.05) is 17.8 Å². The first-order valence-corrected chi connectivity index (χ1v) is 4.84. The van der Waals surface area contributed by atoms with Gasteiger partial charge in [-0.15, -0.1) is 0 Å². The van der Waals surface area contributed by atoms with Crippen LogP contribution in [-0.4, -0.2) is 14.9 Å². The van der Waals surface area contributed by atoms with Gasteiger partial charge in [-0.3, -0.25) is 4.68 Å². The lowest BCUT2D eigenvalue weighted by Crippen LogP contribution is -2.02. The summed E-state index contributed by atoms with van der Waals surface area (Å²) in [6.07, 6.45) is 2.32. The van der Waals surface area contributed by atoms with Crippen LogP contribution in [0.3, 0.4) is 0 Å². The van der Waals surface area contributed by atoms with Crippen molar-refractivity contribution < 1.29 is 5.11 Å². The molecule has 0 fully saturated rings. The summed E-state index contributed by atoms with van der Waals surface area (Å²) in [4.78, 5) is 0. The Morgan fingerprint density at radius 2 is 2.08 bits per heavy atom. The zero-order valence-corrected chi connectivity index (χ0v) is 8.67. The molecule has 0 saturated carbocycles. The maximum absolute atomic E-state index is 9.08. The van der Waals surface area contributed by atoms with E-state index in [-0.39, 0.29) is 6.61 Å². The second-order valence-electron chi connectivity index (χ2n) is 3.38. The molecule has 0 unspecified atom stereocenters. The minimum atomic E-state index is 0.101. The summed E-state index contributed by atoms with van der Waals surface area (Å²) >= 11 is 0. The Morgan fingerprint density at radius 3 is 2.54 bits per heavy atom. The molecule has 74 valence electrons. The van der Waals surface area contributed by atoms with Crippen LogP contribution in [0.1, 0.15) is 36.7 Å². The third-order valence-electron chi connectivity index (χ3n) is 2.41. The van der Waals surface area contributed by atoms with Crippen molar-refractivity contribution >= 4 is 0 Å². The number of hydrogen-bond donors (Lipinski definition) is 1. The van der Waals surface area contributed by atoms with Gasteiger partial charge in [-0.05, 0) is 20.3 Å². The van der Waals surface area contributed by atoms with E-state index in [0.717, 1.165) is 29.9 Å². The van der Waals surface area contributed by atoms with Gasteiger partial charge in [0.2, 0.25) is 0 Å². The quantitative estimate of drug-likeness (QED) is 0.771. The van der Waals surface area contributed by atoms with Crippen LogP contribution in [0.4, 0.5) is 0 Å². The average Bonchev–Trinajstić information content (AvgIpc) is 2.38. The summed E-state index contributed by atoms with van der Waals surface area (Å²) in [6, 6.07) is 0. The van der Waals surface area contributed by atoms with E-state index in [0.29, 0.717) is 0 Å². The van der Waals surface area contributed by atoms with Crippen molar-refractivity contribution in [1.82, 2.24) is 9.78 Å². The van der Waals surface area contributed by atoms with Crippen molar-refractivity contribution in [2.24, 2.45) is 0 Å². The molecule has 0 spiro atoms. The standard InChI is InChI=1S/C10H18N2O/c1-4-5-6-12-9(3)10(7-13)8(2)11-12/h13H,4-7H2,1-3H3. The Bertz CT molecular complexity index is 279. The third kappa shape index (κ3) is 2.10. The predicted octanol–water partition coefficient (Wildman–Crippen LogP) is 1.79. The van der Waals surface area contributed by atoms with Crippen molar-refractivity contribution in [2.75, 3.05) is 0 Å². The molecule has 1 rings (SSSR count). The molecule has 0 saturated heterocycles. The van der Waals surface area contributed by atoms with Crippen molar-refractivity contribution in [3.05, 3.63) is 17.0 Å². The molecule has 0 amide bonds. The van der Waals surface area contributed by atoms with E-state index < -0.39 is 0 Å². The molecule has 0 aliphatic rings. The van der Waals surface area contributed by atoms with Gasteiger partial charge < -0.3 is 5.11 Å². The molecule has 0 aromatic carbocycles. The maximum Gasteiger partial charge on any atom is 0.0718 e. The third-order valence-corrected chi connectivity index (χ3v) is 2.41. The number of aromatic nitrogens is 2. The fourth-order valence-electron chi connectivity index (χ4n) is 1.49. The smallest absolute Gasteiger partial charge is 0.0718 e. The highest BCUT2D eigenvalue weighted by Crippen LogP contribution is 2.13. The van der Waals surface area contributed by atoms with Gasteiger partial charge in [-0.2, -0.15) is 5.10 Å². The predicted molar refractivity (Wildman–Crippen MR) is 52.5 cm³/mol. The fraction of sp³-hybridized carbons (Fsp3) is 0.700. The van der Waals surface area contributed by atoms with Crippen LogP contribution in [0, 0.1) is 13.8 Å². The lowest BCUT2D eigenvalue weighted by Gasteiger charge is -2.02. The largest absolute Gasteiger partial charge is 0.392 e. The van der Waals surface area contributed by atoms with Crippen molar-refractivity contribution in [3.8, 4) is 0 Å². The number of aliphatic hydroxyl groups is 1. The first kappa shape index (κ1) is 10.3. The van der Waals surface area contributed by atoms with Crippen molar-refractivity contribution in [3.63, 3.8) is 0 Å².